The van der Waals surface area contributed by atoms with Crippen molar-refractivity contribution < 1.29 is 4.42 Å². The van der Waals surface area contributed by atoms with Gasteiger partial charge in [0.25, 0.3) is 0 Å². The van der Waals surface area contributed by atoms with E-state index >= 15 is 0 Å². The van der Waals surface area contributed by atoms with Gasteiger partial charge in [-0.2, -0.15) is 15.0 Å². The zero-order valence-corrected chi connectivity index (χ0v) is 30.5. The van der Waals surface area contributed by atoms with E-state index in [4.69, 9.17) is 19.4 Å². The van der Waals surface area contributed by atoms with Gasteiger partial charge in [0.15, 0.2) is 5.82 Å². The number of furan rings is 1. The monoisotopic (exact) mass is 729 g/mol. The van der Waals surface area contributed by atoms with Crippen LogP contribution in [-0.2, 0) is 0 Å². The molecular weight excluding hydrogens is 699 g/mol. The van der Waals surface area contributed by atoms with Gasteiger partial charge in [-0.25, -0.2) is 0 Å². The van der Waals surface area contributed by atoms with Gasteiger partial charge in [-0.1, -0.05) is 146 Å². The van der Waals surface area contributed by atoms with E-state index in [1.807, 2.05) is 24.3 Å². The molecule has 0 saturated carbocycles. The molecule has 0 fully saturated rings. The van der Waals surface area contributed by atoms with Gasteiger partial charge in [-0.05, 0) is 64.7 Å². The van der Waals surface area contributed by atoms with Crippen LogP contribution in [0.2, 0.25) is 0 Å². The van der Waals surface area contributed by atoms with Crippen LogP contribution < -0.4 is 0 Å². The number of nitrogens with zero attached hydrogens (tertiary/aromatic N) is 5. The van der Waals surface area contributed by atoms with Crippen molar-refractivity contribution in [3.8, 4) is 45.5 Å². The quantitative estimate of drug-likeness (QED) is 0.177. The number of rotatable bonds is 5. The molecule has 57 heavy (non-hydrogen) atoms. The lowest BCUT2D eigenvalue weighted by molar-refractivity contribution is 0.669. The number of benzene rings is 8. The van der Waals surface area contributed by atoms with Gasteiger partial charge in [0.2, 0.25) is 11.9 Å². The minimum absolute atomic E-state index is 0.549. The van der Waals surface area contributed by atoms with Crippen LogP contribution in [0.15, 0.2) is 192 Å². The molecule has 4 aromatic heterocycles. The fourth-order valence-corrected chi connectivity index (χ4v) is 8.53. The fraction of sp³-hybridized carbons (Fsp3) is 0. The SMILES string of the molecule is c1ccc(-c2ccc3c4ccccc4n(-c4nc(-c5ccc(-c6ccc7c(c6)oc6ccccc67)cc5)nc(-n5c6ccccc6c6ccccc65)n4)c3c2)cc1. The molecule has 0 unspecified atom stereocenters. The largest absolute Gasteiger partial charge is 0.456 e. The Labute approximate surface area is 326 Å². The molecule has 0 N–H and O–H groups in total. The molecule has 4 heterocycles. The van der Waals surface area contributed by atoms with Gasteiger partial charge in [0, 0.05) is 37.9 Å². The maximum Gasteiger partial charge on any atom is 0.240 e. The molecule has 0 amide bonds. The van der Waals surface area contributed by atoms with Gasteiger partial charge in [0.05, 0.1) is 22.1 Å². The van der Waals surface area contributed by atoms with Gasteiger partial charge < -0.3 is 4.42 Å². The van der Waals surface area contributed by atoms with Crippen molar-refractivity contribution >= 4 is 65.6 Å². The molecular formula is C51H31N5O. The van der Waals surface area contributed by atoms with Crippen molar-refractivity contribution in [1.29, 1.82) is 0 Å². The predicted molar refractivity (Wildman–Crippen MR) is 232 cm³/mol. The third kappa shape index (κ3) is 4.94. The highest BCUT2D eigenvalue weighted by Gasteiger charge is 2.21. The number of para-hydroxylation sites is 4. The van der Waals surface area contributed by atoms with Crippen molar-refractivity contribution in [3.63, 3.8) is 0 Å². The first-order chi connectivity index (χ1) is 28.2. The molecule has 0 aliphatic carbocycles. The lowest BCUT2D eigenvalue weighted by Gasteiger charge is -2.13. The number of hydrogen-bond donors (Lipinski definition) is 0. The van der Waals surface area contributed by atoms with E-state index < -0.39 is 0 Å². The van der Waals surface area contributed by atoms with Crippen molar-refractivity contribution in [1.82, 2.24) is 24.1 Å². The third-order valence-corrected chi connectivity index (χ3v) is 11.2. The summed E-state index contributed by atoms with van der Waals surface area (Å²) in [6.07, 6.45) is 0. The normalized spacial score (nSPS) is 11.9. The van der Waals surface area contributed by atoms with E-state index in [-0.39, 0.29) is 0 Å². The number of fused-ring (bicyclic) bond motifs is 9. The first kappa shape index (κ1) is 31.5. The van der Waals surface area contributed by atoms with E-state index in [1.165, 1.54) is 0 Å². The van der Waals surface area contributed by atoms with E-state index in [1.54, 1.807) is 0 Å². The van der Waals surface area contributed by atoms with Crippen LogP contribution in [0.3, 0.4) is 0 Å². The minimum atomic E-state index is 0.549. The summed E-state index contributed by atoms with van der Waals surface area (Å²) < 4.78 is 10.6. The van der Waals surface area contributed by atoms with Gasteiger partial charge >= 0.3 is 0 Å². The summed E-state index contributed by atoms with van der Waals surface area (Å²) in [7, 11) is 0. The van der Waals surface area contributed by atoms with Crippen LogP contribution in [0.25, 0.3) is 111 Å². The highest BCUT2D eigenvalue weighted by atomic mass is 16.3. The van der Waals surface area contributed by atoms with Crippen LogP contribution >= 0.6 is 0 Å². The molecule has 6 nitrogen and oxygen atoms in total. The Morgan fingerprint density at radius 1 is 0.298 bits per heavy atom. The summed E-state index contributed by atoms with van der Waals surface area (Å²) >= 11 is 0. The average Bonchev–Trinajstić information content (AvgIpc) is 3.94. The lowest BCUT2D eigenvalue weighted by Crippen LogP contribution is -2.10. The summed E-state index contributed by atoms with van der Waals surface area (Å²) in [5, 5.41) is 6.80. The highest BCUT2D eigenvalue weighted by Crippen LogP contribution is 2.37. The highest BCUT2D eigenvalue weighted by molar-refractivity contribution is 6.11. The van der Waals surface area contributed by atoms with E-state index in [9.17, 15) is 0 Å². The zero-order chi connectivity index (χ0) is 37.5. The van der Waals surface area contributed by atoms with Crippen LogP contribution in [0.5, 0.6) is 0 Å². The molecule has 0 spiro atoms. The zero-order valence-electron chi connectivity index (χ0n) is 30.5. The summed E-state index contributed by atoms with van der Waals surface area (Å²) in [5.41, 5.74) is 11.2. The molecule has 0 radical (unpaired) electrons. The minimum Gasteiger partial charge on any atom is -0.456 e. The average molecular weight is 730 g/mol. The predicted octanol–water partition coefficient (Wildman–Crippen LogP) is 13.0. The molecule has 0 aliphatic rings. The molecule has 0 atom stereocenters. The van der Waals surface area contributed by atoms with Crippen LogP contribution in [0.4, 0.5) is 0 Å². The summed E-state index contributed by atoms with van der Waals surface area (Å²) in [6, 6.07) is 65.6. The van der Waals surface area contributed by atoms with Crippen molar-refractivity contribution in [3.05, 3.63) is 188 Å². The lowest BCUT2D eigenvalue weighted by atomic mass is 10.0. The first-order valence-electron chi connectivity index (χ1n) is 19.1. The van der Waals surface area contributed by atoms with Crippen molar-refractivity contribution in [2.45, 2.75) is 0 Å². The summed E-state index contributed by atoms with van der Waals surface area (Å²) in [5.74, 6) is 1.69. The third-order valence-electron chi connectivity index (χ3n) is 11.2. The standard InChI is InChI=1S/C51H31N5O/c1-2-12-32(13-3-1)35-26-28-40-39-16-6-10-20-45(39)56(46(40)30-35)51-53-49(52-50(54-51)55-43-18-8-4-14-37(43)38-15-5-9-19-44(38)55)34-24-22-33(23-25-34)36-27-29-42-41-17-7-11-21-47(41)57-48(42)31-36/h1-31H. The Morgan fingerprint density at radius 2 is 0.737 bits per heavy atom. The van der Waals surface area contributed by atoms with Gasteiger partial charge in [-0.15, -0.1) is 0 Å². The topological polar surface area (TPSA) is 61.7 Å². The Kier molecular flexibility index (Phi) is 6.83. The number of hydrogen-bond acceptors (Lipinski definition) is 4. The van der Waals surface area contributed by atoms with Crippen molar-refractivity contribution in [2.75, 3.05) is 0 Å². The molecule has 266 valence electrons. The van der Waals surface area contributed by atoms with Crippen molar-refractivity contribution in [2.24, 2.45) is 0 Å². The maximum atomic E-state index is 6.23. The second kappa shape index (κ2) is 12.3. The molecule has 8 aromatic carbocycles. The smallest absolute Gasteiger partial charge is 0.240 e. The summed E-state index contributed by atoms with van der Waals surface area (Å²) in [6.45, 7) is 0. The van der Waals surface area contributed by atoms with Gasteiger partial charge in [-0.3, -0.25) is 9.13 Å². The molecule has 12 rings (SSSR count). The molecule has 6 heteroatoms. The molecule has 0 aliphatic heterocycles. The fourth-order valence-electron chi connectivity index (χ4n) is 8.53. The van der Waals surface area contributed by atoms with E-state index in [0.29, 0.717) is 17.7 Å². The van der Waals surface area contributed by atoms with Gasteiger partial charge in [0.1, 0.15) is 11.2 Å². The number of aromatic nitrogens is 5. The Bertz CT molecular complexity index is 3470. The molecule has 12 aromatic rings. The Hall–Kier alpha value is -7.83. The maximum absolute atomic E-state index is 6.23. The van der Waals surface area contributed by atoms with Crippen LogP contribution in [-0.4, -0.2) is 24.1 Å². The summed E-state index contributed by atoms with van der Waals surface area (Å²) in [4.78, 5) is 15.9. The van der Waals surface area contributed by atoms with E-state index in [2.05, 4.69) is 173 Å². The molecule has 0 saturated heterocycles. The van der Waals surface area contributed by atoms with Crippen LogP contribution in [0.1, 0.15) is 0 Å². The second-order valence-electron chi connectivity index (χ2n) is 14.5. The van der Waals surface area contributed by atoms with E-state index in [0.717, 1.165) is 93.4 Å². The first-order valence-corrected chi connectivity index (χ1v) is 19.1. The second-order valence-corrected chi connectivity index (χ2v) is 14.5. The van der Waals surface area contributed by atoms with Crippen LogP contribution in [0, 0.1) is 0 Å². The Morgan fingerprint density at radius 3 is 1.39 bits per heavy atom. The Balaban J connectivity index is 1.08. The molecule has 0 bridgehead atoms.